The van der Waals surface area contributed by atoms with Gasteiger partial charge in [0.1, 0.15) is 23.4 Å². The van der Waals surface area contributed by atoms with Crippen molar-refractivity contribution in [2.75, 3.05) is 29.3 Å². The molecule has 2 amide bonds. The molecule has 0 spiro atoms. The summed E-state index contributed by atoms with van der Waals surface area (Å²) in [6, 6.07) is 18.5. The molecule has 0 aromatic heterocycles. The quantitative estimate of drug-likeness (QED) is 0.508. The van der Waals surface area contributed by atoms with Crippen LogP contribution in [0, 0.1) is 5.82 Å². The Morgan fingerprint density at radius 1 is 0.912 bits per heavy atom. The molecule has 9 heteroatoms. The zero-order valence-electron chi connectivity index (χ0n) is 18.5. The smallest absolute Gasteiger partial charge is 0.257 e. The Morgan fingerprint density at radius 2 is 1.44 bits per heavy atom. The Bertz CT molecular complexity index is 1200. The molecule has 3 aromatic carbocycles. The Kier molecular flexibility index (Phi) is 6.74. The second kappa shape index (κ2) is 9.88. The first kappa shape index (κ1) is 23.2. The van der Waals surface area contributed by atoms with E-state index >= 15 is 0 Å². The van der Waals surface area contributed by atoms with Crippen molar-refractivity contribution in [3.8, 4) is 11.5 Å². The molecule has 174 valence electrons. The number of anilines is 3. The van der Waals surface area contributed by atoms with Crippen molar-refractivity contribution in [3.05, 3.63) is 78.6 Å². The van der Waals surface area contributed by atoms with Gasteiger partial charge < -0.3 is 19.7 Å². The average Bonchev–Trinajstić information content (AvgIpc) is 3.09. The van der Waals surface area contributed by atoms with Crippen molar-refractivity contribution in [1.82, 2.24) is 0 Å². The zero-order valence-corrected chi connectivity index (χ0v) is 19.3. The fourth-order valence-electron chi connectivity index (χ4n) is 3.70. The van der Waals surface area contributed by atoms with E-state index in [1.54, 1.807) is 67.7 Å². The fourth-order valence-corrected chi connectivity index (χ4v) is 4.12. The van der Waals surface area contributed by atoms with E-state index in [0.717, 1.165) is 0 Å². The molecular weight excluding hydrogens is 457 g/mol. The molecule has 4 rings (SSSR count). The molecule has 0 unspecified atom stereocenters. The summed E-state index contributed by atoms with van der Waals surface area (Å²) < 4.78 is 23.9. The van der Waals surface area contributed by atoms with E-state index in [9.17, 15) is 14.0 Å². The molecule has 34 heavy (non-hydrogen) atoms. The van der Waals surface area contributed by atoms with Gasteiger partial charge in [-0.3, -0.25) is 14.5 Å². The van der Waals surface area contributed by atoms with Crippen LogP contribution in [0.2, 0.25) is 0 Å². The van der Waals surface area contributed by atoms with Crippen molar-refractivity contribution >= 4 is 46.2 Å². The number of carbonyl (C=O) groups is 2. The van der Waals surface area contributed by atoms with Gasteiger partial charge in [-0.1, -0.05) is 0 Å². The summed E-state index contributed by atoms with van der Waals surface area (Å²) in [6.45, 7) is 0. The Hall–Kier alpha value is -3.98. The lowest BCUT2D eigenvalue weighted by Crippen LogP contribution is -2.38. The van der Waals surface area contributed by atoms with Gasteiger partial charge >= 0.3 is 0 Å². The largest absolute Gasteiger partial charge is 0.497 e. The fraction of sp³-hybridized carbons (Fsp3) is 0.160. The number of benzene rings is 3. The summed E-state index contributed by atoms with van der Waals surface area (Å²) in [5, 5.41) is 2.99. The van der Waals surface area contributed by atoms with Gasteiger partial charge in [-0.2, -0.15) is 0 Å². The van der Waals surface area contributed by atoms with Gasteiger partial charge in [0.15, 0.2) is 5.11 Å². The first-order chi connectivity index (χ1) is 16.4. The Morgan fingerprint density at radius 3 is 2.00 bits per heavy atom. The summed E-state index contributed by atoms with van der Waals surface area (Å²) in [5.74, 6) is 0.152. The van der Waals surface area contributed by atoms with Crippen LogP contribution in [0.4, 0.5) is 21.5 Å². The maximum absolute atomic E-state index is 13.6. The van der Waals surface area contributed by atoms with Crippen LogP contribution in [0.25, 0.3) is 0 Å². The molecule has 0 saturated carbocycles. The van der Waals surface area contributed by atoms with E-state index in [-0.39, 0.29) is 23.3 Å². The predicted molar refractivity (Wildman–Crippen MR) is 132 cm³/mol. The van der Waals surface area contributed by atoms with Gasteiger partial charge in [-0.15, -0.1) is 0 Å². The SMILES string of the molecule is COc1ccc(NC(=O)C[C@@H]2C(=O)N(c3ccc(OC)cc3)C(=S)N2c2ccc(F)cc2)cc1. The number of nitrogens with one attached hydrogen (secondary N) is 1. The van der Waals surface area contributed by atoms with Crippen LogP contribution in [0.3, 0.4) is 0 Å². The van der Waals surface area contributed by atoms with Gasteiger partial charge in [0, 0.05) is 11.4 Å². The number of methoxy groups -OCH3 is 2. The maximum atomic E-state index is 13.6. The molecule has 1 N–H and O–H groups in total. The van der Waals surface area contributed by atoms with Crippen molar-refractivity contribution in [2.45, 2.75) is 12.5 Å². The lowest BCUT2D eigenvalue weighted by Gasteiger charge is -2.24. The van der Waals surface area contributed by atoms with E-state index in [1.165, 1.54) is 29.2 Å². The first-order valence-corrected chi connectivity index (χ1v) is 10.8. The van der Waals surface area contributed by atoms with Gasteiger partial charge in [0.25, 0.3) is 5.91 Å². The lowest BCUT2D eigenvalue weighted by molar-refractivity contribution is -0.122. The monoisotopic (exact) mass is 479 g/mol. The summed E-state index contributed by atoms with van der Waals surface area (Å²) in [5.41, 5.74) is 1.62. The minimum atomic E-state index is -0.904. The molecule has 0 bridgehead atoms. The van der Waals surface area contributed by atoms with E-state index in [0.29, 0.717) is 28.6 Å². The molecule has 0 aliphatic carbocycles. The molecular formula is C25H22FN3O4S. The highest BCUT2D eigenvalue weighted by atomic mass is 32.1. The van der Waals surface area contributed by atoms with Crippen LogP contribution >= 0.6 is 12.2 Å². The number of amides is 2. The predicted octanol–water partition coefficient (Wildman–Crippen LogP) is 4.38. The first-order valence-electron chi connectivity index (χ1n) is 10.4. The summed E-state index contributed by atoms with van der Waals surface area (Å²) >= 11 is 5.64. The third-order valence-corrected chi connectivity index (χ3v) is 5.78. The Balaban J connectivity index is 1.62. The number of hydrogen-bond donors (Lipinski definition) is 1. The average molecular weight is 480 g/mol. The van der Waals surface area contributed by atoms with Crippen molar-refractivity contribution in [1.29, 1.82) is 0 Å². The molecule has 0 radical (unpaired) electrons. The standard InChI is InChI=1S/C25H22FN3O4S/c1-32-20-11-5-17(6-12-20)27-23(30)15-22-24(31)29(19-9-13-21(33-2)14-10-19)25(34)28(22)18-7-3-16(26)4-8-18/h3-14,22H,15H2,1-2H3,(H,27,30)/t22-/m1/s1. The van der Waals surface area contributed by atoms with Gasteiger partial charge in [0.2, 0.25) is 5.91 Å². The number of nitrogens with zero attached hydrogens (tertiary/aromatic N) is 2. The topological polar surface area (TPSA) is 71.1 Å². The van der Waals surface area contributed by atoms with Crippen molar-refractivity contribution in [3.63, 3.8) is 0 Å². The van der Waals surface area contributed by atoms with Crippen LogP contribution in [-0.2, 0) is 9.59 Å². The molecule has 1 aliphatic heterocycles. The molecule has 3 aromatic rings. The van der Waals surface area contributed by atoms with Crippen LogP contribution in [0.1, 0.15) is 6.42 Å². The normalized spacial score (nSPS) is 15.4. The minimum absolute atomic E-state index is 0.158. The van der Waals surface area contributed by atoms with Crippen molar-refractivity contribution in [2.24, 2.45) is 0 Å². The summed E-state index contributed by atoms with van der Waals surface area (Å²) in [6.07, 6.45) is -0.158. The number of rotatable bonds is 7. The number of ether oxygens (including phenoxy) is 2. The summed E-state index contributed by atoms with van der Waals surface area (Å²) in [4.78, 5) is 29.3. The van der Waals surface area contributed by atoms with E-state index < -0.39 is 11.9 Å². The molecule has 1 atom stereocenters. The van der Waals surface area contributed by atoms with Crippen LogP contribution in [0.5, 0.6) is 11.5 Å². The highest BCUT2D eigenvalue weighted by Gasteiger charge is 2.45. The Labute approximate surface area is 201 Å². The molecule has 1 saturated heterocycles. The molecule has 1 aliphatic rings. The molecule has 1 heterocycles. The third-order valence-electron chi connectivity index (χ3n) is 5.40. The number of hydrogen-bond acceptors (Lipinski definition) is 5. The maximum Gasteiger partial charge on any atom is 0.257 e. The van der Waals surface area contributed by atoms with Gasteiger partial charge in [-0.25, -0.2) is 4.39 Å². The van der Waals surface area contributed by atoms with E-state index in [4.69, 9.17) is 21.7 Å². The van der Waals surface area contributed by atoms with Crippen LogP contribution < -0.4 is 24.6 Å². The highest BCUT2D eigenvalue weighted by molar-refractivity contribution is 7.81. The minimum Gasteiger partial charge on any atom is -0.497 e. The van der Waals surface area contributed by atoms with Crippen LogP contribution in [-0.4, -0.2) is 37.2 Å². The summed E-state index contributed by atoms with van der Waals surface area (Å²) in [7, 11) is 3.11. The number of thiocarbonyl (C=S) groups is 1. The van der Waals surface area contributed by atoms with Gasteiger partial charge in [0.05, 0.1) is 26.3 Å². The van der Waals surface area contributed by atoms with Gasteiger partial charge in [-0.05, 0) is 85.0 Å². The second-order valence-electron chi connectivity index (χ2n) is 7.50. The number of halogens is 1. The van der Waals surface area contributed by atoms with Crippen molar-refractivity contribution < 1.29 is 23.5 Å². The molecule has 7 nitrogen and oxygen atoms in total. The van der Waals surface area contributed by atoms with Crippen LogP contribution in [0.15, 0.2) is 72.8 Å². The van der Waals surface area contributed by atoms with E-state index in [1.807, 2.05) is 0 Å². The highest BCUT2D eigenvalue weighted by Crippen LogP contribution is 2.32. The number of carbonyl (C=O) groups excluding carboxylic acids is 2. The molecule has 1 fully saturated rings. The third kappa shape index (κ3) is 4.69. The second-order valence-corrected chi connectivity index (χ2v) is 7.86. The lowest BCUT2D eigenvalue weighted by atomic mass is 10.1. The van der Waals surface area contributed by atoms with E-state index in [2.05, 4.69) is 5.32 Å². The zero-order chi connectivity index (χ0) is 24.2.